The highest BCUT2D eigenvalue weighted by Crippen LogP contribution is 2.17. The number of aliphatic hydroxyl groups excluding tert-OH is 2. The number of Topliss-reactive ketones (excluding diaryl/α,β-unsaturated/α-hetero) is 1. The van der Waals surface area contributed by atoms with Gasteiger partial charge in [0.15, 0.2) is 5.78 Å². The van der Waals surface area contributed by atoms with Gasteiger partial charge in [0.2, 0.25) is 0 Å². The molecular formula is C41H91NO9. The van der Waals surface area contributed by atoms with Crippen LogP contribution in [0.3, 0.4) is 0 Å². The Hall–Kier alpha value is -1.69. The SMILES string of the molecule is CC.CC.CC1CC(N(C)C)CCO1.CCCC.CC[C@@H](C)C(=O)/C(C)=C/[C@](C)(O)COC.CC[C@@H](C)CC(C)C=O.CO.CO.COC(C)=O. The smallest absolute Gasteiger partial charge is 0.302 e. The van der Waals surface area contributed by atoms with Crippen molar-refractivity contribution in [3.8, 4) is 0 Å². The Balaban J connectivity index is -0.0000000757. The number of ketones is 1. The number of aldehydes is 1. The van der Waals surface area contributed by atoms with E-state index in [2.05, 4.69) is 58.4 Å². The van der Waals surface area contributed by atoms with Crippen molar-refractivity contribution in [1.29, 1.82) is 0 Å². The van der Waals surface area contributed by atoms with Crippen molar-refractivity contribution in [2.75, 3.05) is 55.7 Å². The molecule has 10 nitrogen and oxygen atoms in total. The number of unbranched alkanes of at least 4 members (excludes halogenated alkanes) is 1. The van der Waals surface area contributed by atoms with Crippen molar-refractivity contribution in [3.63, 3.8) is 0 Å². The average Bonchev–Trinajstić information content (AvgIpc) is 3.14. The van der Waals surface area contributed by atoms with E-state index in [1.54, 1.807) is 19.9 Å². The molecule has 0 aromatic heterocycles. The molecule has 0 amide bonds. The predicted octanol–water partition coefficient (Wildman–Crippen LogP) is 8.57. The summed E-state index contributed by atoms with van der Waals surface area (Å²) < 4.78 is 14.4. The molecule has 1 heterocycles. The first kappa shape index (κ1) is 67.4. The molecular weight excluding hydrogens is 650 g/mol. The highest BCUT2D eigenvalue weighted by atomic mass is 16.5. The van der Waals surface area contributed by atoms with Crippen LogP contribution in [-0.4, -0.2) is 112 Å². The number of rotatable bonds is 12. The number of aliphatic hydroxyl groups is 3. The highest BCUT2D eigenvalue weighted by molar-refractivity contribution is 5.96. The van der Waals surface area contributed by atoms with Crippen molar-refractivity contribution >= 4 is 18.0 Å². The summed E-state index contributed by atoms with van der Waals surface area (Å²) in [7, 11) is 9.15. The number of esters is 1. The first-order chi connectivity index (χ1) is 23.9. The van der Waals surface area contributed by atoms with Gasteiger partial charge >= 0.3 is 5.97 Å². The van der Waals surface area contributed by atoms with Crippen LogP contribution in [0.15, 0.2) is 11.6 Å². The quantitative estimate of drug-likeness (QED) is 0.101. The van der Waals surface area contributed by atoms with E-state index in [1.807, 2.05) is 48.5 Å². The monoisotopic (exact) mass is 742 g/mol. The van der Waals surface area contributed by atoms with Crippen LogP contribution in [0.2, 0.25) is 0 Å². The lowest BCUT2D eigenvalue weighted by Gasteiger charge is -2.31. The molecule has 6 atom stereocenters. The van der Waals surface area contributed by atoms with Gasteiger partial charge in [-0.25, -0.2) is 0 Å². The van der Waals surface area contributed by atoms with E-state index in [0.717, 1.165) is 46.0 Å². The van der Waals surface area contributed by atoms with E-state index in [1.165, 1.54) is 53.2 Å². The van der Waals surface area contributed by atoms with Crippen molar-refractivity contribution in [2.24, 2.45) is 17.8 Å². The predicted molar refractivity (Wildman–Crippen MR) is 219 cm³/mol. The zero-order valence-electron chi connectivity index (χ0n) is 37.6. The third-order valence-electron chi connectivity index (χ3n) is 7.09. The summed E-state index contributed by atoms with van der Waals surface area (Å²) >= 11 is 0. The molecule has 10 heteroatoms. The summed E-state index contributed by atoms with van der Waals surface area (Å²) in [5.41, 5.74) is -0.464. The van der Waals surface area contributed by atoms with Crippen LogP contribution < -0.4 is 0 Å². The van der Waals surface area contributed by atoms with Crippen molar-refractivity contribution < 1.29 is 43.9 Å². The number of nitrogens with zero attached hydrogens (tertiary/aromatic N) is 1. The first-order valence-corrected chi connectivity index (χ1v) is 19.0. The van der Waals surface area contributed by atoms with Gasteiger partial charge in [-0.2, -0.15) is 0 Å². The topological polar surface area (TPSA) is 143 Å². The van der Waals surface area contributed by atoms with Gasteiger partial charge < -0.3 is 39.2 Å². The summed E-state index contributed by atoms with van der Waals surface area (Å²) in [4.78, 5) is 33.8. The van der Waals surface area contributed by atoms with Crippen LogP contribution in [0.4, 0.5) is 0 Å². The van der Waals surface area contributed by atoms with Gasteiger partial charge in [-0.1, -0.05) is 95.4 Å². The fourth-order valence-electron chi connectivity index (χ4n) is 3.75. The summed E-state index contributed by atoms with van der Waals surface area (Å²) in [6, 6.07) is 0.740. The molecule has 1 rings (SSSR count). The van der Waals surface area contributed by atoms with Gasteiger partial charge in [0.1, 0.15) is 11.9 Å². The Bertz CT molecular complexity index is 711. The first-order valence-electron chi connectivity index (χ1n) is 19.0. The normalized spacial score (nSPS) is 16.9. The molecule has 3 N–H and O–H groups in total. The number of ether oxygens (including phenoxy) is 3. The molecule has 0 bridgehead atoms. The number of hydrogen-bond acceptors (Lipinski definition) is 10. The Morgan fingerprint density at radius 2 is 1.35 bits per heavy atom. The van der Waals surface area contributed by atoms with Crippen molar-refractivity contribution in [3.05, 3.63) is 11.6 Å². The number of hydrogen-bond donors (Lipinski definition) is 3. The molecule has 1 aliphatic heterocycles. The van der Waals surface area contributed by atoms with Crippen LogP contribution >= 0.6 is 0 Å². The zero-order chi connectivity index (χ0) is 42.6. The van der Waals surface area contributed by atoms with Crippen molar-refractivity contribution in [1.82, 2.24) is 4.90 Å². The van der Waals surface area contributed by atoms with Crippen LogP contribution in [-0.2, 0) is 28.6 Å². The molecule has 1 fully saturated rings. The fourth-order valence-corrected chi connectivity index (χ4v) is 3.75. The van der Waals surface area contributed by atoms with E-state index < -0.39 is 5.60 Å². The van der Waals surface area contributed by atoms with Crippen LogP contribution in [0.5, 0.6) is 0 Å². The van der Waals surface area contributed by atoms with Crippen LogP contribution in [0.25, 0.3) is 0 Å². The van der Waals surface area contributed by atoms with E-state index in [0.29, 0.717) is 17.6 Å². The van der Waals surface area contributed by atoms with E-state index in [4.69, 9.17) is 19.7 Å². The van der Waals surface area contributed by atoms with E-state index in [-0.39, 0.29) is 30.2 Å². The van der Waals surface area contributed by atoms with Crippen molar-refractivity contribution in [2.45, 2.75) is 167 Å². The Labute approximate surface area is 318 Å². The van der Waals surface area contributed by atoms with E-state index in [9.17, 15) is 19.5 Å². The standard InChI is InChI=1S/C12H22O3.C8H17NO.C8H16O.C4H10.C3H6O2.2C2H6.2CH4O/c1-6-9(2)11(13)10(3)7-12(4,14)8-15-5;1-7-6-8(9(2)3)4-5-10-7;1-4-7(2)5-8(3)6-9;1-3-4-2;1-3(4)5-2;4*1-2/h7,9,14H,6,8H2,1-5H3;7-8H,4-6H2,1-3H3;6-8H,4-5H2,1-3H3;3-4H2,1-2H3;1-2H3;2*1-2H3;2*2H,1H3/b10-7+;;;;;;;;/t9-,12+;;7-,8?;;;;;;/m1.1....../s1. The van der Waals surface area contributed by atoms with Crippen LogP contribution in [0.1, 0.15) is 149 Å². The minimum absolute atomic E-state index is 0.0135. The Morgan fingerprint density at radius 1 is 0.922 bits per heavy atom. The van der Waals surface area contributed by atoms with Gasteiger partial charge in [-0.3, -0.25) is 9.59 Å². The second-order valence-corrected chi connectivity index (χ2v) is 12.2. The molecule has 0 saturated carbocycles. The average molecular weight is 742 g/mol. The number of carbonyl (C=O) groups is 3. The Kier molecular flexibility index (Phi) is 69.6. The lowest BCUT2D eigenvalue weighted by Crippen LogP contribution is -2.37. The molecule has 314 valence electrons. The molecule has 0 aromatic rings. The maximum Gasteiger partial charge on any atom is 0.302 e. The van der Waals surface area contributed by atoms with Gasteiger partial charge in [0.05, 0.1) is 19.8 Å². The summed E-state index contributed by atoms with van der Waals surface area (Å²) in [6.45, 7) is 30.5. The van der Waals surface area contributed by atoms with Gasteiger partial charge in [0, 0.05) is 52.7 Å². The molecule has 51 heavy (non-hydrogen) atoms. The maximum absolute atomic E-state index is 11.7. The summed E-state index contributed by atoms with van der Waals surface area (Å²) in [5, 5.41) is 23.8. The summed E-state index contributed by atoms with van der Waals surface area (Å²) in [5.74, 6) is 0.809. The molecule has 0 aromatic carbocycles. The zero-order valence-corrected chi connectivity index (χ0v) is 37.6. The van der Waals surface area contributed by atoms with Gasteiger partial charge in [-0.05, 0) is 78.1 Å². The molecule has 0 spiro atoms. The number of methoxy groups -OCH3 is 2. The number of carbonyl (C=O) groups excluding carboxylic acids is 3. The minimum Gasteiger partial charge on any atom is -0.469 e. The third kappa shape index (κ3) is 57.9. The summed E-state index contributed by atoms with van der Waals surface area (Å²) in [6.07, 6.45) is 11.1. The largest absolute Gasteiger partial charge is 0.469 e. The maximum atomic E-state index is 11.7. The van der Waals surface area contributed by atoms with Gasteiger partial charge in [0.25, 0.3) is 0 Å². The lowest BCUT2D eigenvalue weighted by atomic mass is 9.94. The molecule has 1 saturated heterocycles. The van der Waals surface area contributed by atoms with E-state index >= 15 is 0 Å². The number of allylic oxidation sites excluding steroid dienone is 1. The minimum atomic E-state index is -1.07. The second kappa shape index (κ2) is 52.7. The molecule has 1 aliphatic rings. The molecule has 0 radical (unpaired) electrons. The highest BCUT2D eigenvalue weighted by Gasteiger charge is 2.21. The van der Waals surface area contributed by atoms with Gasteiger partial charge in [-0.15, -0.1) is 0 Å². The lowest BCUT2D eigenvalue weighted by molar-refractivity contribution is -0.138. The second-order valence-electron chi connectivity index (χ2n) is 12.2. The fraction of sp³-hybridized carbons (Fsp3) is 0.878. The third-order valence-corrected chi connectivity index (χ3v) is 7.09. The Morgan fingerprint density at radius 3 is 1.61 bits per heavy atom. The molecule has 3 unspecified atom stereocenters. The van der Waals surface area contributed by atoms with Crippen LogP contribution in [0, 0.1) is 17.8 Å². The molecule has 0 aliphatic carbocycles.